The van der Waals surface area contributed by atoms with Crippen LogP contribution >= 0.6 is 0 Å². The fourth-order valence-electron chi connectivity index (χ4n) is 5.63. The summed E-state index contributed by atoms with van der Waals surface area (Å²) in [5.41, 5.74) is 4.50. The molecule has 0 saturated carbocycles. The number of para-hydroxylation sites is 1. The third kappa shape index (κ3) is 3.01. The van der Waals surface area contributed by atoms with E-state index in [0.29, 0.717) is 22.9 Å². The van der Waals surface area contributed by atoms with Crippen molar-refractivity contribution in [2.24, 2.45) is 5.41 Å². The quantitative estimate of drug-likeness (QED) is 0.378. The third-order valence-corrected chi connectivity index (χ3v) is 7.44. The fraction of sp³-hybridized carbons (Fsp3) is 0.346. The molecule has 4 aromatic heterocycles. The average molecular weight is 452 g/mol. The minimum absolute atomic E-state index is 0.326. The molecule has 1 spiro atoms. The lowest BCUT2D eigenvalue weighted by Crippen LogP contribution is -2.41. The Morgan fingerprint density at radius 2 is 2.09 bits per heavy atom. The summed E-state index contributed by atoms with van der Waals surface area (Å²) in [7, 11) is 0. The zero-order valence-electron chi connectivity index (χ0n) is 19.0. The molecule has 1 atom stereocenters. The number of nitrogens with one attached hydrogen (secondary N) is 2. The number of H-pyrrole nitrogens is 2. The molecule has 0 bridgehead atoms. The van der Waals surface area contributed by atoms with Crippen LogP contribution in [0.4, 0.5) is 5.95 Å². The number of ether oxygens (including phenoxy) is 1. The summed E-state index contributed by atoms with van der Waals surface area (Å²) in [6.45, 7) is 4.99. The van der Waals surface area contributed by atoms with Gasteiger partial charge < -0.3 is 14.6 Å². The van der Waals surface area contributed by atoms with Gasteiger partial charge in [-0.3, -0.25) is 9.50 Å². The Morgan fingerprint density at radius 3 is 2.94 bits per heavy atom. The molecule has 2 saturated heterocycles. The van der Waals surface area contributed by atoms with Crippen LogP contribution in [0.15, 0.2) is 42.9 Å². The van der Waals surface area contributed by atoms with E-state index in [2.05, 4.69) is 54.3 Å². The molecule has 34 heavy (non-hydrogen) atoms. The largest absolute Gasteiger partial charge is 0.378 e. The van der Waals surface area contributed by atoms with E-state index in [0.717, 1.165) is 72.4 Å². The van der Waals surface area contributed by atoms with Crippen molar-refractivity contribution in [1.82, 2.24) is 29.5 Å². The zero-order valence-corrected chi connectivity index (χ0v) is 19.0. The van der Waals surface area contributed by atoms with E-state index in [4.69, 9.17) is 9.72 Å². The number of hydrogen-bond donors (Lipinski definition) is 2. The summed E-state index contributed by atoms with van der Waals surface area (Å²) in [5, 5.41) is 9.60. The molecule has 2 aliphatic rings. The summed E-state index contributed by atoms with van der Waals surface area (Å²) >= 11 is 0. The number of nitrogens with zero attached hydrogens (tertiary/aromatic N) is 5. The van der Waals surface area contributed by atoms with Crippen LogP contribution in [-0.4, -0.2) is 55.4 Å². The number of aromatic amines is 2. The lowest BCUT2D eigenvalue weighted by Gasteiger charge is -2.39. The van der Waals surface area contributed by atoms with E-state index in [1.807, 2.05) is 36.8 Å². The van der Waals surface area contributed by atoms with Crippen LogP contribution in [-0.2, 0) is 4.74 Å². The molecule has 2 aliphatic heterocycles. The number of rotatable bonds is 1. The second-order valence-electron chi connectivity index (χ2n) is 9.64. The van der Waals surface area contributed by atoms with Crippen molar-refractivity contribution in [3.05, 3.63) is 54.1 Å². The summed E-state index contributed by atoms with van der Waals surface area (Å²) in [6, 6.07) is 8.15. The van der Waals surface area contributed by atoms with Crippen LogP contribution in [0, 0.1) is 17.3 Å². The molecule has 170 valence electrons. The van der Waals surface area contributed by atoms with Crippen LogP contribution < -0.4 is 4.90 Å². The van der Waals surface area contributed by atoms with Crippen LogP contribution in [0.5, 0.6) is 0 Å². The van der Waals surface area contributed by atoms with Crippen molar-refractivity contribution in [3.8, 4) is 11.8 Å². The predicted molar refractivity (Wildman–Crippen MR) is 131 cm³/mol. The number of anilines is 1. The van der Waals surface area contributed by atoms with E-state index in [-0.39, 0.29) is 0 Å². The molecule has 5 aromatic rings. The highest BCUT2D eigenvalue weighted by atomic mass is 16.5. The molecule has 6 heterocycles. The molecule has 0 unspecified atom stereocenters. The molecule has 1 aromatic carbocycles. The van der Waals surface area contributed by atoms with Gasteiger partial charge in [0.15, 0.2) is 11.3 Å². The number of imidazole rings is 1. The highest BCUT2D eigenvalue weighted by Gasteiger charge is 2.41. The van der Waals surface area contributed by atoms with E-state index >= 15 is 0 Å². The van der Waals surface area contributed by atoms with E-state index < -0.39 is 0 Å². The van der Waals surface area contributed by atoms with Crippen molar-refractivity contribution in [2.75, 3.05) is 24.6 Å². The SMILES string of the molecule is C[C@H]1CC2(CCN(c3nc4[nH]nc(C#Cc5cccc6cc[nH]c56)c4c4nccn34)CC2)CO1. The van der Waals surface area contributed by atoms with Gasteiger partial charge >= 0.3 is 0 Å². The van der Waals surface area contributed by atoms with Gasteiger partial charge in [0.2, 0.25) is 5.95 Å². The first-order valence-corrected chi connectivity index (χ1v) is 11.8. The summed E-state index contributed by atoms with van der Waals surface area (Å²) < 4.78 is 7.97. The Hall–Kier alpha value is -3.83. The fourth-order valence-corrected chi connectivity index (χ4v) is 5.63. The van der Waals surface area contributed by atoms with Gasteiger partial charge in [-0.1, -0.05) is 18.1 Å². The number of benzene rings is 1. The van der Waals surface area contributed by atoms with Crippen LogP contribution in [0.1, 0.15) is 37.4 Å². The average Bonchev–Trinajstić information content (AvgIpc) is 3.64. The van der Waals surface area contributed by atoms with Gasteiger partial charge in [0.25, 0.3) is 0 Å². The molecule has 2 fully saturated rings. The Kier molecular flexibility index (Phi) is 4.23. The summed E-state index contributed by atoms with van der Waals surface area (Å²) in [5.74, 6) is 7.44. The molecule has 2 N–H and O–H groups in total. The van der Waals surface area contributed by atoms with E-state index in [1.54, 1.807) is 0 Å². The third-order valence-electron chi connectivity index (χ3n) is 7.44. The van der Waals surface area contributed by atoms with E-state index in [1.165, 1.54) is 0 Å². The normalized spacial score (nSPS) is 19.9. The van der Waals surface area contributed by atoms with Gasteiger partial charge in [-0.25, -0.2) is 4.98 Å². The van der Waals surface area contributed by atoms with Crippen molar-refractivity contribution in [3.63, 3.8) is 0 Å². The summed E-state index contributed by atoms with van der Waals surface area (Å²) in [6.07, 6.45) is 9.51. The second-order valence-corrected chi connectivity index (χ2v) is 9.64. The van der Waals surface area contributed by atoms with Gasteiger partial charge in [-0.05, 0) is 49.7 Å². The molecule has 0 aliphatic carbocycles. The molecule has 8 nitrogen and oxygen atoms in total. The van der Waals surface area contributed by atoms with Crippen molar-refractivity contribution in [1.29, 1.82) is 0 Å². The lowest BCUT2D eigenvalue weighted by atomic mass is 9.77. The second kappa shape index (κ2) is 7.34. The first kappa shape index (κ1) is 19.6. The Bertz CT molecular complexity index is 1590. The van der Waals surface area contributed by atoms with Gasteiger partial charge in [0, 0.05) is 42.6 Å². The topological polar surface area (TPSA) is 87.1 Å². The van der Waals surface area contributed by atoms with E-state index in [9.17, 15) is 0 Å². The van der Waals surface area contributed by atoms with Crippen molar-refractivity contribution < 1.29 is 4.74 Å². The minimum Gasteiger partial charge on any atom is -0.378 e. The number of fused-ring (bicyclic) bond motifs is 4. The van der Waals surface area contributed by atoms with Gasteiger partial charge in [0.05, 0.1) is 23.6 Å². The highest BCUT2D eigenvalue weighted by Crippen LogP contribution is 2.42. The van der Waals surface area contributed by atoms with Crippen LogP contribution in [0.3, 0.4) is 0 Å². The monoisotopic (exact) mass is 451 g/mol. The number of hydrogen-bond acceptors (Lipinski definition) is 5. The van der Waals surface area contributed by atoms with Gasteiger partial charge in [-0.15, -0.1) is 0 Å². The number of aromatic nitrogens is 6. The van der Waals surface area contributed by atoms with Crippen LogP contribution in [0.2, 0.25) is 0 Å². The Morgan fingerprint density at radius 1 is 1.18 bits per heavy atom. The zero-order chi connectivity index (χ0) is 22.7. The molecule has 8 heteroatoms. The minimum atomic E-state index is 0.326. The van der Waals surface area contributed by atoms with Crippen LogP contribution in [0.25, 0.3) is 27.6 Å². The lowest BCUT2D eigenvalue weighted by molar-refractivity contribution is 0.0975. The maximum atomic E-state index is 5.90. The maximum Gasteiger partial charge on any atom is 0.213 e. The Labute approximate surface area is 196 Å². The van der Waals surface area contributed by atoms with Gasteiger partial charge in [-0.2, -0.15) is 10.1 Å². The maximum absolute atomic E-state index is 5.90. The molecule has 7 rings (SSSR count). The Balaban J connectivity index is 1.26. The molecule has 0 radical (unpaired) electrons. The van der Waals surface area contributed by atoms with Crippen molar-refractivity contribution >= 4 is 33.5 Å². The highest BCUT2D eigenvalue weighted by molar-refractivity contribution is 5.95. The first-order valence-electron chi connectivity index (χ1n) is 11.8. The van der Waals surface area contributed by atoms with Gasteiger partial charge in [0.1, 0.15) is 5.69 Å². The summed E-state index contributed by atoms with van der Waals surface area (Å²) in [4.78, 5) is 15.3. The standard InChI is InChI=1S/C26H25N7O/c1-17-15-26(16-34-17)8-12-32(13-9-26)25-29-23-21(24-28-11-14-33(24)25)20(30-31-23)6-5-18-3-2-4-19-7-10-27-22(18)19/h2-4,7,10-11,14,17,27H,8-9,12-13,15-16H2,1H3,(H,30,31)/t17-/m0/s1. The first-order chi connectivity index (χ1) is 16.7. The van der Waals surface area contributed by atoms with Crippen molar-refractivity contribution in [2.45, 2.75) is 32.3 Å². The molecular weight excluding hydrogens is 426 g/mol. The molecule has 0 amide bonds. The molecular formula is C26H25N7O. The smallest absolute Gasteiger partial charge is 0.213 e. The number of piperidine rings is 1. The predicted octanol–water partition coefficient (Wildman–Crippen LogP) is 3.88.